The fraction of sp³-hybridized carbons (Fsp3) is 0.500. The van der Waals surface area contributed by atoms with Gasteiger partial charge in [-0.1, -0.05) is 6.92 Å². The number of nitrogen functional groups attached to an aromatic ring is 1. The molecule has 17 heavy (non-hydrogen) atoms. The highest BCUT2D eigenvalue weighted by atomic mass is 16.6. The Kier molecular flexibility index (Phi) is 4.65. The Bertz CT molecular complexity index is 396. The van der Waals surface area contributed by atoms with E-state index in [4.69, 9.17) is 5.84 Å². The molecule has 1 rings (SSSR count). The third-order valence-electron chi connectivity index (χ3n) is 2.37. The van der Waals surface area contributed by atoms with Crippen LogP contribution in [-0.4, -0.2) is 23.0 Å². The minimum atomic E-state index is -0.430. The van der Waals surface area contributed by atoms with Gasteiger partial charge in [0, 0.05) is 19.2 Å². The standard InChI is InChI=1S/C10H17N5O2/c1-3-7-14(4-2)10-8(15(16)17)5-6-9(12-10)13-11/h5-6H,3-4,7,11H2,1-2H3,(H,12,13). The first-order valence-corrected chi connectivity index (χ1v) is 5.51. The number of nitrogens with zero attached hydrogens (tertiary/aromatic N) is 3. The van der Waals surface area contributed by atoms with Gasteiger partial charge in [-0.3, -0.25) is 10.1 Å². The van der Waals surface area contributed by atoms with E-state index in [0.717, 1.165) is 13.0 Å². The number of nitro groups is 1. The van der Waals surface area contributed by atoms with E-state index >= 15 is 0 Å². The summed E-state index contributed by atoms with van der Waals surface area (Å²) in [5, 5.41) is 10.9. The maximum Gasteiger partial charge on any atom is 0.311 e. The summed E-state index contributed by atoms with van der Waals surface area (Å²) in [7, 11) is 0. The lowest BCUT2D eigenvalue weighted by molar-refractivity contribution is -0.384. The molecule has 0 amide bonds. The molecular formula is C10H17N5O2. The summed E-state index contributed by atoms with van der Waals surface area (Å²) in [6, 6.07) is 2.90. The zero-order valence-corrected chi connectivity index (χ0v) is 10.0. The van der Waals surface area contributed by atoms with Crippen molar-refractivity contribution in [3.8, 4) is 0 Å². The van der Waals surface area contributed by atoms with Crippen LogP contribution in [0.5, 0.6) is 0 Å². The normalized spacial score (nSPS) is 10.1. The van der Waals surface area contributed by atoms with Crippen LogP contribution in [0.15, 0.2) is 12.1 Å². The average Bonchev–Trinajstić information content (AvgIpc) is 2.35. The lowest BCUT2D eigenvalue weighted by Crippen LogP contribution is -2.26. The Labute approximate surface area is 99.7 Å². The second-order valence-electron chi connectivity index (χ2n) is 3.52. The van der Waals surface area contributed by atoms with Gasteiger partial charge in [-0.05, 0) is 19.4 Å². The zero-order valence-electron chi connectivity index (χ0n) is 10.0. The fourth-order valence-electron chi connectivity index (χ4n) is 1.58. The number of pyridine rings is 1. The van der Waals surface area contributed by atoms with Crippen LogP contribution in [0.4, 0.5) is 17.3 Å². The van der Waals surface area contributed by atoms with Gasteiger partial charge >= 0.3 is 5.69 Å². The predicted octanol–water partition coefficient (Wildman–Crippen LogP) is 1.51. The van der Waals surface area contributed by atoms with Gasteiger partial charge in [0.2, 0.25) is 5.82 Å². The molecule has 94 valence electrons. The summed E-state index contributed by atoms with van der Waals surface area (Å²) in [6.07, 6.45) is 0.896. The van der Waals surface area contributed by atoms with Crippen LogP contribution in [-0.2, 0) is 0 Å². The Morgan fingerprint density at radius 3 is 2.71 bits per heavy atom. The van der Waals surface area contributed by atoms with Crippen LogP contribution in [0.3, 0.4) is 0 Å². The van der Waals surface area contributed by atoms with Gasteiger partial charge < -0.3 is 10.3 Å². The molecule has 0 aromatic carbocycles. The van der Waals surface area contributed by atoms with Gasteiger partial charge in [0.15, 0.2) is 0 Å². The van der Waals surface area contributed by atoms with Crippen molar-refractivity contribution in [2.45, 2.75) is 20.3 Å². The molecule has 1 aromatic rings. The van der Waals surface area contributed by atoms with Crippen molar-refractivity contribution in [2.75, 3.05) is 23.4 Å². The second kappa shape index (κ2) is 6.00. The Morgan fingerprint density at radius 1 is 1.53 bits per heavy atom. The summed E-state index contributed by atoms with van der Waals surface area (Å²) in [6.45, 7) is 5.33. The van der Waals surface area contributed by atoms with E-state index in [1.807, 2.05) is 18.7 Å². The van der Waals surface area contributed by atoms with E-state index in [1.165, 1.54) is 12.1 Å². The van der Waals surface area contributed by atoms with Crippen molar-refractivity contribution in [2.24, 2.45) is 5.84 Å². The molecule has 1 heterocycles. The molecule has 0 atom stereocenters. The van der Waals surface area contributed by atoms with Crippen molar-refractivity contribution in [1.82, 2.24) is 4.98 Å². The molecule has 0 aliphatic carbocycles. The number of hydrazine groups is 1. The van der Waals surface area contributed by atoms with Crippen LogP contribution >= 0.6 is 0 Å². The minimum absolute atomic E-state index is 0.000648. The SMILES string of the molecule is CCCN(CC)c1nc(NN)ccc1[N+](=O)[O-]. The van der Waals surface area contributed by atoms with Gasteiger partial charge in [-0.2, -0.15) is 0 Å². The molecule has 0 aliphatic rings. The van der Waals surface area contributed by atoms with Crippen molar-refractivity contribution in [3.63, 3.8) is 0 Å². The summed E-state index contributed by atoms with van der Waals surface area (Å²) in [5.41, 5.74) is 2.39. The number of anilines is 2. The van der Waals surface area contributed by atoms with Gasteiger partial charge in [-0.25, -0.2) is 10.8 Å². The third-order valence-corrected chi connectivity index (χ3v) is 2.37. The number of hydrogen-bond acceptors (Lipinski definition) is 6. The molecule has 7 heteroatoms. The molecular weight excluding hydrogens is 222 g/mol. The first-order chi connectivity index (χ1) is 8.13. The van der Waals surface area contributed by atoms with E-state index in [2.05, 4.69) is 10.4 Å². The molecule has 3 N–H and O–H groups in total. The van der Waals surface area contributed by atoms with Gasteiger partial charge in [0.1, 0.15) is 5.82 Å². The zero-order chi connectivity index (χ0) is 12.8. The highest BCUT2D eigenvalue weighted by Crippen LogP contribution is 2.27. The first-order valence-electron chi connectivity index (χ1n) is 5.51. The Balaban J connectivity index is 3.19. The largest absolute Gasteiger partial charge is 0.351 e. The molecule has 0 aliphatic heterocycles. The molecule has 0 radical (unpaired) electrons. The number of hydrogen-bond donors (Lipinski definition) is 2. The van der Waals surface area contributed by atoms with Gasteiger partial charge in [0.05, 0.1) is 4.92 Å². The minimum Gasteiger partial charge on any atom is -0.351 e. The van der Waals surface area contributed by atoms with Crippen molar-refractivity contribution >= 4 is 17.3 Å². The maximum absolute atomic E-state index is 10.9. The van der Waals surface area contributed by atoms with Crippen LogP contribution in [0, 0.1) is 10.1 Å². The molecule has 0 saturated heterocycles. The van der Waals surface area contributed by atoms with Crippen molar-refractivity contribution < 1.29 is 4.92 Å². The summed E-state index contributed by atoms with van der Waals surface area (Å²) in [5.74, 6) is 6.03. The lowest BCUT2D eigenvalue weighted by atomic mass is 10.3. The molecule has 0 saturated carbocycles. The Morgan fingerprint density at radius 2 is 2.24 bits per heavy atom. The quantitative estimate of drug-likeness (QED) is 0.443. The predicted molar refractivity (Wildman–Crippen MR) is 66.9 cm³/mol. The summed E-state index contributed by atoms with van der Waals surface area (Å²) in [4.78, 5) is 16.5. The number of aromatic nitrogens is 1. The molecule has 0 bridgehead atoms. The number of rotatable bonds is 6. The topological polar surface area (TPSA) is 97.3 Å². The van der Waals surface area contributed by atoms with Crippen LogP contribution in [0.1, 0.15) is 20.3 Å². The number of nitrogens with two attached hydrogens (primary N) is 1. The highest BCUT2D eigenvalue weighted by molar-refractivity contribution is 5.61. The second-order valence-corrected chi connectivity index (χ2v) is 3.52. The van der Waals surface area contributed by atoms with Crippen molar-refractivity contribution in [1.29, 1.82) is 0 Å². The van der Waals surface area contributed by atoms with E-state index in [9.17, 15) is 10.1 Å². The van der Waals surface area contributed by atoms with E-state index < -0.39 is 4.92 Å². The molecule has 7 nitrogen and oxygen atoms in total. The van der Waals surface area contributed by atoms with Gasteiger partial charge in [-0.15, -0.1) is 0 Å². The monoisotopic (exact) mass is 239 g/mol. The molecule has 0 spiro atoms. The average molecular weight is 239 g/mol. The smallest absolute Gasteiger partial charge is 0.311 e. The van der Waals surface area contributed by atoms with E-state index in [0.29, 0.717) is 18.2 Å². The highest BCUT2D eigenvalue weighted by Gasteiger charge is 2.20. The van der Waals surface area contributed by atoms with Crippen molar-refractivity contribution in [3.05, 3.63) is 22.2 Å². The van der Waals surface area contributed by atoms with Crippen LogP contribution < -0.4 is 16.2 Å². The molecule has 0 unspecified atom stereocenters. The fourth-order valence-corrected chi connectivity index (χ4v) is 1.58. The number of nitrogens with one attached hydrogen (secondary N) is 1. The summed E-state index contributed by atoms with van der Waals surface area (Å²) < 4.78 is 0. The Hall–Kier alpha value is -1.89. The lowest BCUT2D eigenvalue weighted by Gasteiger charge is -2.21. The first kappa shape index (κ1) is 13.2. The van der Waals surface area contributed by atoms with Gasteiger partial charge in [0.25, 0.3) is 0 Å². The molecule has 0 fully saturated rings. The third kappa shape index (κ3) is 3.04. The van der Waals surface area contributed by atoms with Crippen LogP contribution in [0.2, 0.25) is 0 Å². The van der Waals surface area contributed by atoms with E-state index in [-0.39, 0.29) is 5.69 Å². The molecule has 1 aromatic heterocycles. The summed E-state index contributed by atoms with van der Waals surface area (Å²) >= 11 is 0. The van der Waals surface area contributed by atoms with E-state index in [1.54, 1.807) is 0 Å². The maximum atomic E-state index is 10.9. The van der Waals surface area contributed by atoms with Crippen LogP contribution in [0.25, 0.3) is 0 Å².